The quantitative estimate of drug-likeness (QED) is 0.450. The van der Waals surface area contributed by atoms with Gasteiger partial charge in [-0.15, -0.1) is 0 Å². The molecule has 0 aliphatic heterocycles. The lowest BCUT2D eigenvalue weighted by molar-refractivity contribution is 0.0955. The Labute approximate surface area is 167 Å². The molecular formula is C21H16Cl2N2O2. The van der Waals surface area contributed by atoms with Crippen molar-refractivity contribution >= 4 is 35.3 Å². The van der Waals surface area contributed by atoms with Crippen LogP contribution in [-0.2, 0) is 6.61 Å². The summed E-state index contributed by atoms with van der Waals surface area (Å²) in [6, 6.07) is 22.0. The maximum Gasteiger partial charge on any atom is 0.272 e. The first-order valence-electron chi connectivity index (χ1n) is 8.17. The van der Waals surface area contributed by atoms with Gasteiger partial charge in [-0.05, 0) is 41.5 Å². The lowest BCUT2D eigenvalue weighted by Crippen LogP contribution is -2.18. The van der Waals surface area contributed by atoms with Crippen LogP contribution in [0.2, 0.25) is 10.0 Å². The predicted octanol–water partition coefficient (Wildman–Crippen LogP) is 5.34. The van der Waals surface area contributed by atoms with Crippen molar-refractivity contribution < 1.29 is 9.53 Å². The molecule has 0 bridgehead atoms. The number of amides is 1. The van der Waals surface area contributed by atoms with Crippen LogP contribution in [0.4, 0.5) is 0 Å². The molecule has 1 amide bonds. The van der Waals surface area contributed by atoms with E-state index in [1.54, 1.807) is 12.1 Å². The number of benzene rings is 3. The zero-order chi connectivity index (χ0) is 19.1. The topological polar surface area (TPSA) is 50.7 Å². The second kappa shape index (κ2) is 9.21. The minimum Gasteiger partial charge on any atom is -0.489 e. The van der Waals surface area contributed by atoms with E-state index in [-0.39, 0.29) is 5.02 Å². The Morgan fingerprint density at radius 2 is 1.81 bits per heavy atom. The van der Waals surface area contributed by atoms with Crippen molar-refractivity contribution in [1.82, 2.24) is 5.43 Å². The molecule has 136 valence electrons. The summed E-state index contributed by atoms with van der Waals surface area (Å²) in [5, 5.41) is 4.70. The summed E-state index contributed by atoms with van der Waals surface area (Å²) in [4.78, 5) is 12.1. The highest BCUT2D eigenvalue weighted by Crippen LogP contribution is 2.20. The van der Waals surface area contributed by atoms with Crippen molar-refractivity contribution in [2.24, 2.45) is 5.10 Å². The molecule has 3 aromatic rings. The van der Waals surface area contributed by atoms with Gasteiger partial charge >= 0.3 is 0 Å². The number of halogens is 2. The average molecular weight is 399 g/mol. The van der Waals surface area contributed by atoms with E-state index in [1.165, 1.54) is 12.3 Å². The van der Waals surface area contributed by atoms with Crippen molar-refractivity contribution in [3.63, 3.8) is 0 Å². The normalized spacial score (nSPS) is 10.7. The molecule has 1 N–H and O–H groups in total. The lowest BCUT2D eigenvalue weighted by Gasteiger charge is -2.07. The summed E-state index contributed by atoms with van der Waals surface area (Å²) in [7, 11) is 0. The van der Waals surface area contributed by atoms with Crippen molar-refractivity contribution in [1.29, 1.82) is 0 Å². The molecule has 0 aliphatic carbocycles. The molecule has 0 radical (unpaired) electrons. The van der Waals surface area contributed by atoms with Crippen LogP contribution in [0.1, 0.15) is 21.5 Å². The molecule has 27 heavy (non-hydrogen) atoms. The highest BCUT2D eigenvalue weighted by molar-refractivity contribution is 6.36. The minimum atomic E-state index is -0.413. The first-order valence-corrected chi connectivity index (χ1v) is 8.92. The van der Waals surface area contributed by atoms with Crippen LogP contribution in [0.25, 0.3) is 0 Å². The first-order chi connectivity index (χ1) is 13.1. The van der Waals surface area contributed by atoms with Gasteiger partial charge in [-0.3, -0.25) is 4.79 Å². The molecule has 3 aromatic carbocycles. The third-order valence-electron chi connectivity index (χ3n) is 3.66. The molecule has 0 aliphatic rings. The van der Waals surface area contributed by atoms with Gasteiger partial charge in [0.2, 0.25) is 0 Å². The summed E-state index contributed by atoms with van der Waals surface area (Å²) in [6.45, 7) is 0.479. The zero-order valence-electron chi connectivity index (χ0n) is 14.2. The summed E-state index contributed by atoms with van der Waals surface area (Å²) in [5.74, 6) is 0.305. The molecule has 0 aromatic heterocycles. The van der Waals surface area contributed by atoms with Gasteiger partial charge in [0.1, 0.15) is 12.4 Å². The van der Waals surface area contributed by atoms with Crippen LogP contribution in [0.5, 0.6) is 5.75 Å². The first kappa shape index (κ1) is 19.0. The Hall–Kier alpha value is -2.82. The van der Waals surface area contributed by atoms with Gasteiger partial charge in [-0.2, -0.15) is 5.10 Å². The molecule has 4 nitrogen and oxygen atoms in total. The van der Waals surface area contributed by atoms with E-state index < -0.39 is 5.91 Å². The number of carbonyl (C=O) groups is 1. The number of hydrogen-bond acceptors (Lipinski definition) is 3. The second-order valence-electron chi connectivity index (χ2n) is 5.67. The monoisotopic (exact) mass is 398 g/mol. The number of ether oxygens (including phenoxy) is 1. The van der Waals surface area contributed by atoms with Gasteiger partial charge in [0.05, 0.1) is 16.8 Å². The maximum atomic E-state index is 12.1. The van der Waals surface area contributed by atoms with E-state index in [0.29, 0.717) is 17.2 Å². The fraction of sp³-hybridized carbons (Fsp3) is 0.0476. The van der Waals surface area contributed by atoms with Gasteiger partial charge in [-0.1, -0.05) is 65.7 Å². The average Bonchev–Trinajstić information content (AvgIpc) is 2.67. The number of nitrogens with zero attached hydrogens (tertiary/aromatic N) is 1. The largest absolute Gasteiger partial charge is 0.489 e. The van der Waals surface area contributed by atoms with E-state index in [9.17, 15) is 4.79 Å². The maximum absolute atomic E-state index is 12.1. The molecule has 3 rings (SSSR count). The minimum absolute atomic E-state index is 0.270. The fourth-order valence-corrected chi connectivity index (χ4v) is 2.82. The third-order valence-corrected chi connectivity index (χ3v) is 4.21. The summed E-state index contributed by atoms with van der Waals surface area (Å²) in [6.07, 6.45) is 1.54. The summed E-state index contributed by atoms with van der Waals surface area (Å²) >= 11 is 11.8. The summed E-state index contributed by atoms with van der Waals surface area (Å²) in [5.41, 5.74) is 4.63. The van der Waals surface area contributed by atoms with Crippen LogP contribution < -0.4 is 10.2 Å². The molecular weight excluding hydrogens is 383 g/mol. The molecule has 0 spiro atoms. The van der Waals surface area contributed by atoms with Crippen LogP contribution in [0.3, 0.4) is 0 Å². The number of nitrogens with one attached hydrogen (secondary N) is 1. The molecule has 0 atom stereocenters. The molecule has 6 heteroatoms. The second-order valence-corrected chi connectivity index (χ2v) is 6.51. The lowest BCUT2D eigenvalue weighted by atomic mass is 10.2. The fourth-order valence-electron chi connectivity index (χ4n) is 2.32. The number of hydrogen-bond donors (Lipinski definition) is 1. The van der Waals surface area contributed by atoms with Crippen molar-refractivity contribution in [3.05, 3.63) is 99.5 Å². The van der Waals surface area contributed by atoms with Crippen molar-refractivity contribution in [2.45, 2.75) is 6.61 Å². The molecule has 0 unspecified atom stereocenters. The Morgan fingerprint density at radius 1 is 1.00 bits per heavy atom. The van der Waals surface area contributed by atoms with Gasteiger partial charge in [0, 0.05) is 5.02 Å². The van der Waals surface area contributed by atoms with Gasteiger partial charge in [-0.25, -0.2) is 5.43 Å². The van der Waals surface area contributed by atoms with Crippen LogP contribution >= 0.6 is 23.2 Å². The Morgan fingerprint density at radius 3 is 2.59 bits per heavy atom. The van der Waals surface area contributed by atoms with Crippen LogP contribution in [0, 0.1) is 0 Å². The standard InChI is InChI=1S/C21H16Cl2N2O2/c22-17-9-10-19(20(23)12-17)21(26)25-24-13-16-7-4-8-18(11-16)27-14-15-5-2-1-3-6-15/h1-13H,14H2,(H,25,26)/b24-13-. The number of carbonyl (C=O) groups excluding carboxylic acids is 1. The van der Waals surface area contributed by atoms with Crippen molar-refractivity contribution in [3.8, 4) is 5.75 Å². The third kappa shape index (κ3) is 5.58. The van der Waals surface area contributed by atoms with Gasteiger partial charge in [0.25, 0.3) is 5.91 Å². The van der Waals surface area contributed by atoms with Crippen molar-refractivity contribution in [2.75, 3.05) is 0 Å². The SMILES string of the molecule is O=C(N/N=C\c1cccc(OCc2ccccc2)c1)c1ccc(Cl)cc1Cl. The van der Waals surface area contributed by atoms with E-state index in [2.05, 4.69) is 10.5 Å². The molecule has 0 saturated carbocycles. The van der Waals surface area contributed by atoms with Gasteiger partial charge in [0.15, 0.2) is 0 Å². The Kier molecular flexibility index (Phi) is 6.47. The number of rotatable bonds is 6. The van der Waals surface area contributed by atoms with E-state index in [4.69, 9.17) is 27.9 Å². The molecule has 0 fully saturated rings. The Balaban J connectivity index is 1.59. The molecule has 0 heterocycles. The molecule has 0 saturated heterocycles. The summed E-state index contributed by atoms with van der Waals surface area (Å²) < 4.78 is 5.78. The highest BCUT2D eigenvalue weighted by Gasteiger charge is 2.09. The predicted molar refractivity (Wildman–Crippen MR) is 109 cm³/mol. The zero-order valence-corrected chi connectivity index (χ0v) is 15.7. The highest BCUT2D eigenvalue weighted by atomic mass is 35.5. The van der Waals surface area contributed by atoms with Crippen LogP contribution in [-0.4, -0.2) is 12.1 Å². The smallest absolute Gasteiger partial charge is 0.272 e. The van der Waals surface area contributed by atoms with Gasteiger partial charge < -0.3 is 4.74 Å². The van der Waals surface area contributed by atoms with Crippen LogP contribution in [0.15, 0.2) is 77.9 Å². The van der Waals surface area contributed by atoms with E-state index in [0.717, 1.165) is 16.9 Å². The van der Waals surface area contributed by atoms with E-state index in [1.807, 2.05) is 54.6 Å². The van der Waals surface area contributed by atoms with E-state index >= 15 is 0 Å². The Bertz CT molecular complexity index is 959. The number of hydrazone groups is 1.